The summed E-state index contributed by atoms with van der Waals surface area (Å²) >= 11 is 0. The number of carbonyl (C=O) groups is 3. The molecule has 18 heteroatoms. The maximum Gasteiger partial charge on any atom is 0.286 e. The normalized spacial score (nSPS) is 28.7. The highest BCUT2D eigenvalue weighted by Gasteiger charge is 2.69. The molecule has 270 valence electrons. The van der Waals surface area contributed by atoms with E-state index in [0.717, 1.165) is 0 Å². The fourth-order valence-corrected chi connectivity index (χ4v) is 8.07. The molecule has 0 saturated carbocycles. The van der Waals surface area contributed by atoms with Crippen LogP contribution < -0.4 is 5.73 Å². The molecule has 2 aromatic carbocycles. The quantitative estimate of drug-likeness (QED) is 0.139. The lowest BCUT2D eigenvalue weighted by Crippen LogP contribution is -2.70. The number of benzene rings is 2. The molecule has 4 aliphatic rings. The number of amides is 1. The maximum atomic E-state index is 13.3. The molecule has 0 bridgehead atoms. The number of hydrogen-bond donors (Lipinski definition) is 7. The number of ketones is 2. The van der Waals surface area contributed by atoms with Gasteiger partial charge in [0.05, 0.1) is 46.3 Å². The molecule has 1 amide bonds. The second-order valence-electron chi connectivity index (χ2n) is 12.0. The third-order valence-electron chi connectivity index (χ3n) is 8.97. The van der Waals surface area contributed by atoms with E-state index in [1.54, 1.807) is 18.2 Å². The van der Waals surface area contributed by atoms with Crippen LogP contribution in [0, 0.1) is 11.8 Å². The van der Waals surface area contributed by atoms with Crippen LogP contribution >= 0.6 is 0 Å². The van der Waals surface area contributed by atoms with Crippen molar-refractivity contribution in [1.29, 1.82) is 0 Å². The highest BCUT2D eigenvalue weighted by atomic mass is 32.2. The lowest BCUT2D eigenvalue weighted by molar-refractivity contribution is -0.173. The minimum atomic E-state index is -3.56. The number of rotatable bonds is 4. The van der Waals surface area contributed by atoms with Crippen LogP contribution in [0.25, 0.3) is 0 Å². The lowest BCUT2D eigenvalue weighted by Gasteiger charge is -2.55. The molecule has 0 saturated heterocycles. The second kappa shape index (κ2) is 13.4. The van der Waals surface area contributed by atoms with E-state index in [9.17, 15) is 53.4 Å². The van der Waals surface area contributed by atoms with Crippen molar-refractivity contribution >= 4 is 33.4 Å². The van der Waals surface area contributed by atoms with Crippen LogP contribution in [0.2, 0.25) is 0 Å². The number of ether oxygens (including phenoxy) is 1. The Hall–Kier alpha value is -4.95. The van der Waals surface area contributed by atoms with E-state index < -0.39 is 91.1 Å². The number of nitrogens with zero attached hydrogens (tertiary/aromatic N) is 2. The van der Waals surface area contributed by atoms with Gasteiger partial charge in [-0.15, -0.1) is 4.40 Å². The molecule has 17 nitrogen and oxygen atoms in total. The highest BCUT2D eigenvalue weighted by molar-refractivity contribution is 7.90. The minimum Gasteiger partial charge on any atom is -0.510 e. The first-order chi connectivity index (χ1) is 22.3. The molecule has 1 aliphatic heterocycles. The summed E-state index contributed by atoms with van der Waals surface area (Å²) in [6, 6.07) is 9.12. The Morgan fingerprint density at radius 3 is 2.28 bits per heavy atom. The van der Waals surface area contributed by atoms with E-state index in [2.05, 4.69) is 11.0 Å². The van der Waals surface area contributed by atoms with Crippen molar-refractivity contribution in [3.8, 4) is 5.75 Å². The number of sulfonamides is 1. The fourth-order valence-electron chi connectivity index (χ4n) is 6.92. The Kier molecular flexibility index (Phi) is 10.6. The minimum absolute atomic E-state index is 0. The number of fused-ring (bicyclic) bond motifs is 4. The molecule has 0 fully saturated rings. The Bertz CT molecular complexity index is 1980. The number of phenolic OH excluding ortho intramolecular Hbond substituents is 1. The number of phenols is 1. The average Bonchev–Trinajstić information content (AvgIpc) is 3.27. The van der Waals surface area contributed by atoms with Crippen LogP contribution in [0.1, 0.15) is 28.4 Å². The molecule has 0 unspecified atom stereocenters. The first-order valence-electron chi connectivity index (χ1n) is 14.4. The molecular weight excluding hydrogens is 682 g/mol. The summed E-state index contributed by atoms with van der Waals surface area (Å²) in [5, 5.41) is 66.5. The lowest BCUT2D eigenvalue weighted by atomic mass is 9.54. The van der Waals surface area contributed by atoms with Gasteiger partial charge in [-0.2, -0.15) is 8.42 Å². The van der Waals surface area contributed by atoms with Gasteiger partial charge in [0.1, 0.15) is 34.3 Å². The van der Waals surface area contributed by atoms with Gasteiger partial charge in [-0.3, -0.25) is 19.3 Å². The van der Waals surface area contributed by atoms with Crippen LogP contribution in [-0.2, 0) is 30.0 Å². The van der Waals surface area contributed by atoms with Crippen molar-refractivity contribution in [2.45, 2.75) is 35.2 Å². The SMILES string of the molecule is C=CCOC1=NS(=O)(=O)c2ccccc21.CN(C)[C@@H]1C(O)=C(C(N)=O)C(=O)[C@@]2(O)C(O)=C3C(=O)c4c(O)cccc4[C@@](C)(O)[C@H]3[C@H](O)[C@@H]12.O.O. The van der Waals surface area contributed by atoms with Gasteiger partial charge in [0.2, 0.25) is 11.7 Å². The van der Waals surface area contributed by atoms with Gasteiger partial charge in [-0.1, -0.05) is 36.9 Å². The zero-order chi connectivity index (χ0) is 35.7. The Balaban J connectivity index is 0.000000335. The Morgan fingerprint density at radius 1 is 1.08 bits per heavy atom. The molecule has 3 aliphatic carbocycles. The summed E-state index contributed by atoms with van der Waals surface area (Å²) in [6.07, 6.45) is -0.334. The zero-order valence-electron chi connectivity index (χ0n) is 26.9. The predicted octanol–water partition coefficient (Wildman–Crippen LogP) is -1.55. The number of Topliss-reactive ketones (excluding diaryl/α,β-unsaturated/α-hetero) is 2. The third-order valence-corrected chi connectivity index (χ3v) is 10.3. The van der Waals surface area contributed by atoms with Crippen molar-refractivity contribution in [3.05, 3.63) is 94.5 Å². The van der Waals surface area contributed by atoms with Gasteiger partial charge < -0.3 is 52.1 Å². The number of primary amides is 1. The van der Waals surface area contributed by atoms with Gasteiger partial charge in [-0.05, 0) is 44.8 Å². The predicted molar refractivity (Wildman–Crippen MR) is 174 cm³/mol. The Morgan fingerprint density at radius 2 is 1.70 bits per heavy atom. The van der Waals surface area contributed by atoms with Gasteiger partial charge in [-0.25, -0.2) is 0 Å². The molecule has 0 spiro atoms. The van der Waals surface area contributed by atoms with Crippen LogP contribution in [0.15, 0.2) is 87.1 Å². The number of nitrogens with two attached hydrogens (primary N) is 1. The van der Waals surface area contributed by atoms with Crippen molar-refractivity contribution in [3.63, 3.8) is 0 Å². The molecule has 1 heterocycles. The topological polar surface area (TPSA) is 321 Å². The number of hydrogen-bond acceptors (Lipinski definition) is 13. The molecule has 0 radical (unpaired) electrons. The smallest absolute Gasteiger partial charge is 0.286 e. The van der Waals surface area contributed by atoms with Crippen LogP contribution in [0.5, 0.6) is 5.75 Å². The molecule has 0 aromatic heterocycles. The first kappa shape index (κ1) is 39.5. The van der Waals surface area contributed by atoms with Crippen molar-refractivity contribution < 1.29 is 69.1 Å². The van der Waals surface area contributed by atoms with Crippen LogP contribution in [0.4, 0.5) is 0 Å². The standard InChI is InChI=1S/C22H24N2O9.C10H9NO3S.2H2O/c1-21(32)7-5-4-6-8(25)9(7)15(26)10-12(21)17(28)13-14(24(2)3)16(27)11(20(23)31)19(30)22(13,33)18(10)29;1-2-7-14-10-8-5-3-4-6-9(8)15(12,13)11-10;;/h4-6,12-14,17,25,27-29,32-33H,1-3H3,(H2,23,31);2-6H,1,7H2;2*1H2/t12-,13-,14+,17+,21-,22+;;;/m1.../s1. The molecule has 6 atom stereocenters. The summed E-state index contributed by atoms with van der Waals surface area (Å²) < 4.78 is 31.8. The molecule has 2 aromatic rings. The Labute approximate surface area is 285 Å². The maximum absolute atomic E-state index is 13.3. The van der Waals surface area contributed by atoms with Crippen LogP contribution in [-0.4, -0.2) is 117 Å². The molecule has 50 heavy (non-hydrogen) atoms. The summed E-state index contributed by atoms with van der Waals surface area (Å²) in [4.78, 5) is 40.0. The average molecular weight is 720 g/mol. The van der Waals surface area contributed by atoms with Gasteiger partial charge in [0.25, 0.3) is 15.9 Å². The van der Waals surface area contributed by atoms with Crippen molar-refractivity contribution in [2.24, 2.45) is 22.0 Å². The van der Waals surface area contributed by atoms with E-state index in [1.807, 2.05) is 0 Å². The van der Waals surface area contributed by atoms with Crippen molar-refractivity contribution in [2.75, 3.05) is 20.7 Å². The zero-order valence-corrected chi connectivity index (χ0v) is 27.7. The third kappa shape index (κ3) is 5.56. The number of carbonyl (C=O) groups excluding carboxylic acids is 3. The first-order valence-corrected chi connectivity index (χ1v) is 15.8. The van der Waals surface area contributed by atoms with Gasteiger partial charge in [0.15, 0.2) is 11.4 Å². The van der Waals surface area contributed by atoms with Crippen LogP contribution in [0.3, 0.4) is 0 Å². The summed E-state index contributed by atoms with van der Waals surface area (Å²) in [7, 11) is -0.703. The van der Waals surface area contributed by atoms with E-state index in [1.165, 1.54) is 56.3 Å². The molecule has 12 N–H and O–H groups in total. The molecular formula is C32H37N3O14S. The van der Waals surface area contributed by atoms with E-state index in [4.69, 9.17) is 10.5 Å². The van der Waals surface area contributed by atoms with Crippen molar-refractivity contribution in [1.82, 2.24) is 4.90 Å². The highest BCUT2D eigenvalue weighted by Crippen LogP contribution is 2.56. The van der Waals surface area contributed by atoms with Gasteiger partial charge >= 0.3 is 0 Å². The van der Waals surface area contributed by atoms with Gasteiger partial charge in [0, 0.05) is 0 Å². The monoisotopic (exact) mass is 719 g/mol. The second-order valence-corrected chi connectivity index (χ2v) is 13.6. The van der Waals surface area contributed by atoms with E-state index in [-0.39, 0.29) is 39.5 Å². The van der Waals surface area contributed by atoms with E-state index >= 15 is 0 Å². The summed E-state index contributed by atoms with van der Waals surface area (Å²) in [6.45, 7) is 4.98. The number of likely N-dealkylation sites (N-methyl/N-ethyl adjacent to an activating group) is 1. The fraction of sp³-hybridized carbons (Fsp3) is 0.312. The summed E-state index contributed by atoms with van der Waals surface area (Å²) in [5.74, 6) is -9.52. The molecule has 6 rings (SSSR count). The summed E-state index contributed by atoms with van der Waals surface area (Å²) in [5.41, 5.74) is -1.37. The number of aliphatic hydroxyl groups is 5. The number of aliphatic hydroxyl groups excluding tert-OH is 3. The largest absolute Gasteiger partial charge is 0.510 e. The van der Waals surface area contributed by atoms with E-state index in [0.29, 0.717) is 5.56 Å². The number of aromatic hydroxyl groups is 1.